The number of hydrogen-bond acceptors (Lipinski definition) is 6. The van der Waals surface area contributed by atoms with Crippen LogP contribution in [0, 0.1) is 5.92 Å². The Labute approximate surface area is 192 Å². The number of fused-ring (bicyclic) bond motifs is 3. The molecule has 1 aromatic carbocycles. The summed E-state index contributed by atoms with van der Waals surface area (Å²) in [5, 5.41) is 21.1. The summed E-state index contributed by atoms with van der Waals surface area (Å²) < 4.78 is 13.5. The number of nitrogens with one attached hydrogen (secondary N) is 1. The minimum absolute atomic E-state index is 0.177. The van der Waals surface area contributed by atoms with Crippen LogP contribution in [0.3, 0.4) is 0 Å². The van der Waals surface area contributed by atoms with Gasteiger partial charge in [0.25, 0.3) is 5.91 Å². The summed E-state index contributed by atoms with van der Waals surface area (Å²) in [7, 11) is 1.67. The molecule has 3 aromatic rings. The number of aromatic nitrogens is 2. The number of carbonyl (C=O) groups is 1. The van der Waals surface area contributed by atoms with E-state index in [1.807, 2.05) is 27.6 Å². The van der Waals surface area contributed by atoms with E-state index in [4.69, 9.17) is 14.6 Å². The Kier molecular flexibility index (Phi) is 6.01. The minimum atomic E-state index is -0.763. The average molecular weight is 456 g/mol. The van der Waals surface area contributed by atoms with Crippen LogP contribution >= 0.6 is 11.3 Å². The maximum Gasteiger partial charge on any atom is 0.272 e. The minimum Gasteiger partial charge on any atom is -0.496 e. The molecule has 1 aliphatic heterocycles. The molecule has 32 heavy (non-hydrogen) atoms. The molecule has 0 unspecified atom stereocenters. The van der Waals surface area contributed by atoms with Crippen molar-refractivity contribution in [3.05, 3.63) is 45.8 Å². The molecule has 0 saturated carbocycles. The number of rotatable bonds is 7. The van der Waals surface area contributed by atoms with Crippen LogP contribution in [0.15, 0.2) is 29.0 Å². The van der Waals surface area contributed by atoms with E-state index in [0.717, 1.165) is 40.2 Å². The second kappa shape index (κ2) is 8.60. The largest absolute Gasteiger partial charge is 0.496 e. The molecule has 0 radical (unpaired) electrons. The van der Waals surface area contributed by atoms with Gasteiger partial charge < -0.3 is 19.9 Å². The van der Waals surface area contributed by atoms with E-state index < -0.39 is 5.54 Å². The Morgan fingerprint density at radius 1 is 1.41 bits per heavy atom. The number of amides is 1. The molecular weight excluding hydrogens is 426 g/mol. The van der Waals surface area contributed by atoms with Gasteiger partial charge in [0.1, 0.15) is 18.1 Å². The topological polar surface area (TPSA) is 85.6 Å². The molecular formula is C24H29N3O4S. The lowest BCUT2D eigenvalue weighted by molar-refractivity contribution is 0.0861. The number of hydrogen-bond donors (Lipinski definition) is 2. The molecule has 0 spiro atoms. The molecule has 2 N–H and O–H groups in total. The average Bonchev–Trinajstić information content (AvgIpc) is 3.40. The Morgan fingerprint density at radius 3 is 2.81 bits per heavy atom. The van der Waals surface area contributed by atoms with E-state index in [1.165, 1.54) is 0 Å². The van der Waals surface area contributed by atoms with Gasteiger partial charge in [0.05, 0.1) is 30.6 Å². The first-order valence-electron chi connectivity index (χ1n) is 10.7. The van der Waals surface area contributed by atoms with E-state index in [0.29, 0.717) is 17.4 Å². The molecule has 4 rings (SSSR count). The highest BCUT2D eigenvalue weighted by Crippen LogP contribution is 2.44. The van der Waals surface area contributed by atoms with Crippen molar-refractivity contribution < 1.29 is 19.4 Å². The first kappa shape index (κ1) is 22.4. The molecule has 0 aliphatic carbocycles. The Bertz CT molecular complexity index is 1130. The van der Waals surface area contributed by atoms with Crippen molar-refractivity contribution in [2.75, 3.05) is 13.7 Å². The van der Waals surface area contributed by atoms with Crippen molar-refractivity contribution in [2.24, 2.45) is 5.92 Å². The second-order valence-electron chi connectivity index (χ2n) is 9.11. The number of aliphatic hydroxyl groups excluding tert-OH is 1. The molecule has 2 aromatic heterocycles. The lowest BCUT2D eigenvalue weighted by Crippen LogP contribution is -2.46. The van der Waals surface area contributed by atoms with Crippen LogP contribution in [0.4, 0.5) is 0 Å². The Morgan fingerprint density at radius 2 is 2.19 bits per heavy atom. The van der Waals surface area contributed by atoms with Crippen LogP contribution in [-0.2, 0) is 13.0 Å². The maximum absolute atomic E-state index is 13.1. The monoisotopic (exact) mass is 455 g/mol. The Balaban J connectivity index is 1.90. The smallest absolute Gasteiger partial charge is 0.272 e. The van der Waals surface area contributed by atoms with Crippen molar-refractivity contribution in [1.82, 2.24) is 15.1 Å². The predicted octanol–water partition coefficient (Wildman–Crippen LogP) is 4.20. The number of benzene rings is 1. The third kappa shape index (κ3) is 4.12. The highest BCUT2D eigenvalue weighted by Gasteiger charge is 2.33. The number of carbonyl (C=O) groups excluding carboxylic acids is 1. The zero-order chi connectivity index (χ0) is 23.0. The van der Waals surface area contributed by atoms with Crippen LogP contribution in [0.5, 0.6) is 11.5 Å². The van der Waals surface area contributed by atoms with Gasteiger partial charge in [0.2, 0.25) is 0 Å². The van der Waals surface area contributed by atoms with Gasteiger partial charge in [-0.25, -0.2) is 4.68 Å². The quantitative estimate of drug-likeness (QED) is 0.558. The van der Waals surface area contributed by atoms with Crippen LogP contribution in [0.25, 0.3) is 16.9 Å². The van der Waals surface area contributed by atoms with Crippen molar-refractivity contribution in [3.8, 4) is 28.4 Å². The highest BCUT2D eigenvalue weighted by atomic mass is 32.1. The Hall–Kier alpha value is -2.84. The van der Waals surface area contributed by atoms with E-state index in [9.17, 15) is 9.90 Å². The fourth-order valence-corrected chi connectivity index (χ4v) is 4.48. The van der Waals surface area contributed by atoms with E-state index in [2.05, 4.69) is 25.2 Å². The van der Waals surface area contributed by atoms with Gasteiger partial charge in [0.15, 0.2) is 5.69 Å². The van der Waals surface area contributed by atoms with Gasteiger partial charge in [-0.2, -0.15) is 16.4 Å². The number of methoxy groups -OCH3 is 1. The van der Waals surface area contributed by atoms with Crippen molar-refractivity contribution >= 4 is 17.2 Å². The zero-order valence-corrected chi connectivity index (χ0v) is 19.9. The third-order valence-electron chi connectivity index (χ3n) is 5.43. The van der Waals surface area contributed by atoms with Gasteiger partial charge in [-0.05, 0) is 49.3 Å². The summed E-state index contributed by atoms with van der Waals surface area (Å²) in [6, 6.07) is 6.00. The molecule has 0 saturated heterocycles. The summed E-state index contributed by atoms with van der Waals surface area (Å²) in [6.45, 7) is 7.92. The lowest BCUT2D eigenvalue weighted by atomic mass is 9.95. The summed E-state index contributed by atoms with van der Waals surface area (Å²) in [6.07, 6.45) is 0.858. The molecule has 170 valence electrons. The predicted molar refractivity (Wildman–Crippen MR) is 125 cm³/mol. The molecule has 8 heteroatoms. The molecule has 3 heterocycles. The number of nitrogens with zero attached hydrogens (tertiary/aromatic N) is 2. The van der Waals surface area contributed by atoms with Crippen LogP contribution in [0.2, 0.25) is 0 Å². The summed E-state index contributed by atoms with van der Waals surface area (Å²) in [4.78, 5) is 13.1. The lowest BCUT2D eigenvalue weighted by Gasteiger charge is -2.24. The van der Waals surface area contributed by atoms with E-state index >= 15 is 0 Å². The normalized spacial score (nSPS) is 12.8. The molecule has 7 nitrogen and oxygen atoms in total. The standard InChI is InChI=1S/C24H29N3O4S/c1-14(2)8-15-9-17-20(10-19(15)30-5)31-11-18-21(23(29)25-24(3,4)13-28)26-27(22(17)18)16-6-7-32-12-16/h6-7,9-10,12,14,28H,8,11,13H2,1-5H3,(H,25,29). The fraction of sp³-hybridized carbons (Fsp3) is 0.417. The summed E-state index contributed by atoms with van der Waals surface area (Å²) in [5.41, 5.74) is 3.99. The molecule has 0 bridgehead atoms. The highest BCUT2D eigenvalue weighted by molar-refractivity contribution is 7.08. The van der Waals surface area contributed by atoms with Crippen molar-refractivity contribution in [3.63, 3.8) is 0 Å². The number of thiophene rings is 1. The van der Waals surface area contributed by atoms with Gasteiger partial charge in [-0.15, -0.1) is 0 Å². The first-order chi connectivity index (χ1) is 15.2. The van der Waals surface area contributed by atoms with Crippen molar-refractivity contribution in [1.29, 1.82) is 0 Å². The number of ether oxygens (including phenoxy) is 2. The first-order valence-corrected chi connectivity index (χ1v) is 11.6. The SMILES string of the molecule is COc1cc2c(cc1CC(C)C)-c1c(c(C(=O)NC(C)(C)CO)nn1-c1ccsc1)CO2. The maximum atomic E-state index is 13.1. The van der Waals surface area contributed by atoms with Gasteiger partial charge >= 0.3 is 0 Å². The molecule has 1 aliphatic rings. The third-order valence-corrected chi connectivity index (χ3v) is 6.11. The van der Waals surface area contributed by atoms with Crippen molar-refractivity contribution in [2.45, 2.75) is 46.3 Å². The van der Waals surface area contributed by atoms with Gasteiger partial charge in [-0.1, -0.05) is 13.8 Å². The van der Waals surface area contributed by atoms with Crippen LogP contribution < -0.4 is 14.8 Å². The van der Waals surface area contributed by atoms with Crippen LogP contribution in [-0.4, -0.2) is 40.0 Å². The van der Waals surface area contributed by atoms with Crippen LogP contribution in [0.1, 0.15) is 49.3 Å². The second-order valence-corrected chi connectivity index (χ2v) is 9.89. The molecule has 0 fully saturated rings. The summed E-state index contributed by atoms with van der Waals surface area (Å²) in [5.74, 6) is 1.62. The fourth-order valence-electron chi connectivity index (χ4n) is 3.87. The van der Waals surface area contributed by atoms with Gasteiger partial charge in [-0.3, -0.25) is 4.79 Å². The summed E-state index contributed by atoms with van der Waals surface area (Å²) >= 11 is 1.57. The van der Waals surface area contributed by atoms with E-state index in [-0.39, 0.29) is 19.1 Å². The number of aliphatic hydroxyl groups is 1. The van der Waals surface area contributed by atoms with Gasteiger partial charge in [0, 0.05) is 22.6 Å². The van der Waals surface area contributed by atoms with E-state index in [1.54, 1.807) is 32.3 Å². The zero-order valence-electron chi connectivity index (χ0n) is 19.1. The molecule has 0 atom stereocenters. The molecule has 1 amide bonds.